The van der Waals surface area contributed by atoms with Crippen LogP contribution in [0, 0.1) is 0 Å². The van der Waals surface area contributed by atoms with Gasteiger partial charge in [0, 0.05) is 11.3 Å². The zero-order chi connectivity index (χ0) is 36.3. The normalized spacial score (nSPS) is 12.2. The van der Waals surface area contributed by atoms with Crippen molar-refractivity contribution in [2.75, 3.05) is 0 Å². The topological polar surface area (TPSA) is 61.2 Å². The summed E-state index contributed by atoms with van der Waals surface area (Å²) in [6.07, 6.45) is 0. The molecule has 0 saturated carbocycles. The maximum Gasteiger partial charge on any atom is 0.534 e. The van der Waals surface area contributed by atoms with E-state index >= 15 is 0 Å². The van der Waals surface area contributed by atoms with Crippen LogP contribution < -0.4 is 4.18 Å². The van der Waals surface area contributed by atoms with Gasteiger partial charge in [0.15, 0.2) is 0 Å². The monoisotopic (exact) mass is 720 g/mol. The van der Waals surface area contributed by atoms with Gasteiger partial charge < -0.3 is 4.18 Å². The van der Waals surface area contributed by atoms with Gasteiger partial charge in [-0.3, -0.25) is 4.57 Å². The molecule has 0 bridgehead atoms. The highest BCUT2D eigenvalue weighted by atomic mass is 32.2. The van der Waals surface area contributed by atoms with Crippen LogP contribution in [0.3, 0.4) is 0 Å². The number of benzene rings is 8. The molecule has 9 aromatic rings. The molecule has 0 radical (unpaired) electrons. The number of nitrogens with zero attached hydrogens (tertiary/aromatic N) is 2. The number of imidazole rings is 1. The zero-order valence-corrected chi connectivity index (χ0v) is 28.6. The van der Waals surface area contributed by atoms with Crippen molar-refractivity contribution < 1.29 is 25.8 Å². The van der Waals surface area contributed by atoms with Crippen LogP contribution in [-0.4, -0.2) is 23.5 Å². The molecule has 0 unspecified atom stereocenters. The first-order chi connectivity index (χ1) is 25.7. The van der Waals surface area contributed by atoms with Gasteiger partial charge in [0.05, 0.1) is 11.0 Å². The quantitative estimate of drug-likeness (QED) is 0.0975. The number of hydrogen-bond acceptors (Lipinski definition) is 4. The fraction of sp³-hybridized carbons (Fsp3) is 0.0227. The zero-order valence-electron chi connectivity index (χ0n) is 27.7. The summed E-state index contributed by atoms with van der Waals surface area (Å²) < 4.78 is 68.7. The van der Waals surface area contributed by atoms with E-state index in [-0.39, 0.29) is 0 Å². The molecule has 5 nitrogen and oxygen atoms in total. The summed E-state index contributed by atoms with van der Waals surface area (Å²) in [5.74, 6) is 0.426. The summed E-state index contributed by atoms with van der Waals surface area (Å²) >= 11 is 0. The number of aromatic nitrogens is 2. The fourth-order valence-electron chi connectivity index (χ4n) is 7.23. The molecule has 0 atom stereocenters. The van der Waals surface area contributed by atoms with Gasteiger partial charge in [-0.25, -0.2) is 4.98 Å². The Balaban J connectivity index is 1.21. The van der Waals surface area contributed by atoms with Gasteiger partial charge in [-0.2, -0.15) is 21.6 Å². The molecule has 0 fully saturated rings. The second kappa shape index (κ2) is 12.4. The van der Waals surface area contributed by atoms with Crippen LogP contribution in [0.1, 0.15) is 0 Å². The lowest BCUT2D eigenvalue weighted by molar-refractivity contribution is -0.0500. The number of para-hydroxylation sites is 3. The first kappa shape index (κ1) is 32.5. The largest absolute Gasteiger partial charge is 0.534 e. The molecular weight excluding hydrogens is 694 g/mol. The number of alkyl halides is 3. The summed E-state index contributed by atoms with van der Waals surface area (Å²) in [7, 11) is -5.79. The summed E-state index contributed by atoms with van der Waals surface area (Å²) in [6, 6.07) is 53.0. The van der Waals surface area contributed by atoms with Gasteiger partial charge in [-0.15, -0.1) is 0 Å². The Hall–Kier alpha value is -6.45. The first-order valence-electron chi connectivity index (χ1n) is 16.8. The minimum atomic E-state index is -5.79. The molecule has 1 heterocycles. The molecule has 0 amide bonds. The van der Waals surface area contributed by atoms with Crippen LogP contribution in [0.15, 0.2) is 164 Å². The van der Waals surface area contributed by atoms with Crippen LogP contribution in [0.4, 0.5) is 13.2 Å². The minimum absolute atomic E-state index is 0.413. The third kappa shape index (κ3) is 5.57. The second-order valence-corrected chi connectivity index (χ2v) is 14.3. The van der Waals surface area contributed by atoms with E-state index in [1.807, 2.05) is 72.8 Å². The van der Waals surface area contributed by atoms with E-state index in [9.17, 15) is 21.6 Å². The molecule has 258 valence electrons. The van der Waals surface area contributed by atoms with Gasteiger partial charge in [0.1, 0.15) is 11.6 Å². The molecule has 0 spiro atoms. The van der Waals surface area contributed by atoms with E-state index in [2.05, 4.69) is 75.5 Å². The molecule has 0 N–H and O–H groups in total. The molecule has 0 saturated heterocycles. The number of rotatable bonds is 6. The molecule has 53 heavy (non-hydrogen) atoms. The third-order valence-corrected chi connectivity index (χ3v) is 10.5. The highest BCUT2D eigenvalue weighted by molar-refractivity contribution is 7.88. The van der Waals surface area contributed by atoms with E-state index in [0.717, 1.165) is 71.9 Å². The molecule has 9 rings (SSSR count). The summed E-state index contributed by atoms with van der Waals surface area (Å²) in [6.45, 7) is 0. The van der Waals surface area contributed by atoms with Crippen molar-refractivity contribution in [1.29, 1.82) is 0 Å². The van der Waals surface area contributed by atoms with E-state index in [1.54, 1.807) is 12.1 Å². The van der Waals surface area contributed by atoms with Gasteiger partial charge in [-0.1, -0.05) is 115 Å². The molecular formula is C44H27F3N2O3S. The van der Waals surface area contributed by atoms with Crippen LogP contribution in [0.2, 0.25) is 0 Å². The summed E-state index contributed by atoms with van der Waals surface area (Å²) in [5, 5.41) is 5.40. The van der Waals surface area contributed by atoms with Crippen molar-refractivity contribution in [2.45, 2.75) is 5.51 Å². The van der Waals surface area contributed by atoms with E-state index in [1.165, 1.54) is 12.1 Å². The Bertz CT molecular complexity index is 2940. The lowest BCUT2D eigenvalue weighted by Crippen LogP contribution is -2.28. The predicted octanol–water partition coefficient (Wildman–Crippen LogP) is 11.7. The van der Waals surface area contributed by atoms with Crippen LogP contribution in [0.5, 0.6) is 5.75 Å². The Morgan fingerprint density at radius 1 is 0.528 bits per heavy atom. The lowest BCUT2D eigenvalue weighted by Gasteiger charge is -2.18. The predicted molar refractivity (Wildman–Crippen MR) is 205 cm³/mol. The second-order valence-electron chi connectivity index (χ2n) is 12.7. The highest BCUT2D eigenvalue weighted by Gasteiger charge is 2.48. The number of hydrogen-bond donors (Lipinski definition) is 0. The number of halogens is 3. The third-order valence-electron chi connectivity index (χ3n) is 9.51. The van der Waals surface area contributed by atoms with Crippen LogP contribution >= 0.6 is 0 Å². The Morgan fingerprint density at radius 3 is 1.74 bits per heavy atom. The van der Waals surface area contributed by atoms with E-state index < -0.39 is 21.4 Å². The first-order valence-corrected chi connectivity index (χ1v) is 18.2. The molecule has 8 aromatic carbocycles. The van der Waals surface area contributed by atoms with Crippen molar-refractivity contribution in [3.05, 3.63) is 164 Å². The fourth-order valence-corrected chi connectivity index (χ4v) is 7.68. The lowest BCUT2D eigenvalue weighted by atomic mass is 9.85. The SMILES string of the molecule is O=S(=O)(Oc1ccc2cc(-c3c4ccccc4c(-c4cccc(-c5nc6ccccc6n5-c5ccccc5)c4)c4ccccc34)ccc2c1)C(F)(F)F. The van der Waals surface area contributed by atoms with Crippen molar-refractivity contribution in [1.82, 2.24) is 9.55 Å². The van der Waals surface area contributed by atoms with Crippen molar-refractivity contribution in [2.24, 2.45) is 0 Å². The van der Waals surface area contributed by atoms with Gasteiger partial charge in [0.2, 0.25) is 0 Å². The number of fused-ring (bicyclic) bond motifs is 4. The average molecular weight is 721 g/mol. The maximum absolute atomic E-state index is 13.0. The smallest absolute Gasteiger partial charge is 0.376 e. The summed E-state index contributed by atoms with van der Waals surface area (Å²) in [4.78, 5) is 5.11. The van der Waals surface area contributed by atoms with Gasteiger partial charge >= 0.3 is 15.6 Å². The molecule has 0 aliphatic rings. The standard InChI is InChI=1S/C44H27F3N2O3S/c45-44(46,47)53(50,51)52-34-24-23-28-25-31(22-21-29(28)27-34)42-37-17-6-4-15-35(37)41(36-16-5-7-18-38(36)42)30-11-10-12-32(26-30)43-48-39-19-8-9-20-40(39)49(43)33-13-2-1-3-14-33/h1-27H. The van der Waals surface area contributed by atoms with E-state index in [0.29, 0.717) is 10.8 Å². The van der Waals surface area contributed by atoms with Crippen molar-refractivity contribution in [3.63, 3.8) is 0 Å². The van der Waals surface area contributed by atoms with Crippen molar-refractivity contribution in [3.8, 4) is 45.1 Å². The highest BCUT2D eigenvalue weighted by Crippen LogP contribution is 2.45. The van der Waals surface area contributed by atoms with Gasteiger partial charge in [-0.05, 0) is 103 Å². The Morgan fingerprint density at radius 2 is 1.08 bits per heavy atom. The van der Waals surface area contributed by atoms with Gasteiger partial charge in [0.25, 0.3) is 0 Å². The molecule has 9 heteroatoms. The Labute approximate surface area is 302 Å². The van der Waals surface area contributed by atoms with E-state index in [4.69, 9.17) is 4.98 Å². The van der Waals surface area contributed by atoms with Crippen molar-refractivity contribution >= 4 is 53.5 Å². The molecule has 1 aromatic heterocycles. The van der Waals surface area contributed by atoms with Crippen LogP contribution in [-0.2, 0) is 10.1 Å². The maximum atomic E-state index is 13.0. The average Bonchev–Trinajstić information content (AvgIpc) is 3.56. The van der Waals surface area contributed by atoms with Crippen LogP contribution in [0.25, 0.3) is 82.7 Å². The Kier molecular flexibility index (Phi) is 7.56. The minimum Gasteiger partial charge on any atom is -0.376 e. The summed E-state index contributed by atoms with van der Waals surface area (Å²) in [5.41, 5.74) is 2.41. The molecule has 0 aliphatic heterocycles. The molecule has 0 aliphatic carbocycles.